The molecule has 0 aliphatic carbocycles. The zero-order valence-corrected chi connectivity index (χ0v) is 11.8. The van der Waals surface area contributed by atoms with Gasteiger partial charge in [-0.15, -0.1) is 0 Å². The van der Waals surface area contributed by atoms with Crippen LogP contribution in [-0.2, 0) is 16.8 Å². The van der Waals surface area contributed by atoms with Crippen molar-refractivity contribution in [1.82, 2.24) is 5.32 Å². The van der Waals surface area contributed by atoms with Crippen molar-refractivity contribution in [3.05, 3.63) is 60.1 Å². The van der Waals surface area contributed by atoms with Crippen molar-refractivity contribution < 1.29 is 9.21 Å². The third kappa shape index (κ3) is 3.27. The highest BCUT2D eigenvalue weighted by molar-refractivity contribution is 5.87. The van der Waals surface area contributed by atoms with E-state index in [1.807, 2.05) is 49.4 Å². The topological polar surface area (TPSA) is 68.3 Å². The maximum Gasteiger partial charge on any atom is 0.244 e. The lowest BCUT2D eigenvalue weighted by molar-refractivity contribution is -0.126. The minimum Gasteiger partial charge on any atom is -0.469 e. The van der Waals surface area contributed by atoms with Crippen molar-refractivity contribution in [1.29, 1.82) is 0 Å². The van der Waals surface area contributed by atoms with Crippen LogP contribution in [-0.4, -0.2) is 11.9 Å². The standard InChI is InChI=1S/C16H20N2O2/c1-12(11-14-9-6-10-20-14)18-15(19)16(2,17)13-7-4-3-5-8-13/h3-10,12H,11,17H2,1-2H3,(H,18,19). The van der Waals surface area contributed by atoms with Crippen molar-refractivity contribution in [2.24, 2.45) is 5.73 Å². The molecule has 2 aromatic rings. The predicted octanol–water partition coefficient (Wildman–Crippen LogP) is 2.20. The average Bonchev–Trinajstić information content (AvgIpc) is 2.92. The van der Waals surface area contributed by atoms with E-state index in [4.69, 9.17) is 10.2 Å². The number of rotatable bonds is 5. The molecule has 4 heteroatoms. The summed E-state index contributed by atoms with van der Waals surface area (Å²) in [5.74, 6) is 0.652. The van der Waals surface area contributed by atoms with Gasteiger partial charge in [-0.2, -0.15) is 0 Å². The first-order valence-corrected chi connectivity index (χ1v) is 6.68. The molecule has 1 aromatic carbocycles. The molecule has 106 valence electrons. The van der Waals surface area contributed by atoms with Gasteiger partial charge in [-0.3, -0.25) is 4.79 Å². The van der Waals surface area contributed by atoms with Crippen molar-refractivity contribution in [2.45, 2.75) is 31.8 Å². The van der Waals surface area contributed by atoms with E-state index in [1.54, 1.807) is 13.2 Å². The van der Waals surface area contributed by atoms with Crippen LogP contribution in [0, 0.1) is 0 Å². The second-order valence-electron chi connectivity index (χ2n) is 5.23. The zero-order chi connectivity index (χ0) is 14.6. The number of nitrogens with two attached hydrogens (primary N) is 1. The minimum absolute atomic E-state index is 0.0414. The Morgan fingerprint density at radius 3 is 2.60 bits per heavy atom. The summed E-state index contributed by atoms with van der Waals surface area (Å²) in [5, 5.41) is 2.93. The lowest BCUT2D eigenvalue weighted by Gasteiger charge is -2.26. The smallest absolute Gasteiger partial charge is 0.244 e. The number of amides is 1. The molecule has 0 spiro atoms. The zero-order valence-electron chi connectivity index (χ0n) is 11.8. The highest BCUT2D eigenvalue weighted by Gasteiger charge is 2.31. The molecule has 0 aliphatic heterocycles. The Bertz CT molecular complexity index is 547. The van der Waals surface area contributed by atoms with Crippen molar-refractivity contribution in [3.8, 4) is 0 Å². The molecule has 0 radical (unpaired) electrons. The number of nitrogens with one attached hydrogen (secondary N) is 1. The van der Waals surface area contributed by atoms with Crippen LogP contribution in [0.3, 0.4) is 0 Å². The second-order valence-corrected chi connectivity index (χ2v) is 5.23. The highest BCUT2D eigenvalue weighted by atomic mass is 16.3. The summed E-state index contributed by atoms with van der Waals surface area (Å²) in [6.07, 6.45) is 2.27. The van der Waals surface area contributed by atoms with E-state index >= 15 is 0 Å². The van der Waals surface area contributed by atoms with Crippen LogP contribution in [0.25, 0.3) is 0 Å². The Hall–Kier alpha value is -2.07. The van der Waals surface area contributed by atoms with Gasteiger partial charge in [-0.25, -0.2) is 0 Å². The number of carbonyl (C=O) groups is 1. The molecule has 20 heavy (non-hydrogen) atoms. The normalized spacial score (nSPS) is 15.3. The number of benzene rings is 1. The Labute approximate surface area is 119 Å². The van der Waals surface area contributed by atoms with Crippen LogP contribution < -0.4 is 11.1 Å². The molecule has 3 N–H and O–H groups in total. The van der Waals surface area contributed by atoms with E-state index in [0.717, 1.165) is 11.3 Å². The quantitative estimate of drug-likeness (QED) is 0.876. The molecular formula is C16H20N2O2. The Balaban J connectivity index is 2.00. The number of hydrogen-bond donors (Lipinski definition) is 2. The summed E-state index contributed by atoms with van der Waals surface area (Å²) in [6.45, 7) is 3.65. The van der Waals surface area contributed by atoms with Crippen LogP contribution in [0.15, 0.2) is 53.1 Å². The first-order chi connectivity index (χ1) is 9.50. The van der Waals surface area contributed by atoms with E-state index in [9.17, 15) is 4.79 Å². The van der Waals surface area contributed by atoms with Crippen LogP contribution >= 0.6 is 0 Å². The molecular weight excluding hydrogens is 252 g/mol. The summed E-state index contributed by atoms with van der Waals surface area (Å²) >= 11 is 0. The first-order valence-electron chi connectivity index (χ1n) is 6.68. The Kier molecular flexibility index (Phi) is 4.25. The third-order valence-electron chi connectivity index (χ3n) is 3.31. The molecule has 2 rings (SSSR count). The molecule has 1 aromatic heterocycles. The van der Waals surface area contributed by atoms with Gasteiger partial charge in [0.1, 0.15) is 11.3 Å². The lowest BCUT2D eigenvalue weighted by Crippen LogP contribution is -2.51. The molecule has 0 saturated heterocycles. The maximum atomic E-state index is 12.3. The van der Waals surface area contributed by atoms with Crippen LogP contribution in [0.1, 0.15) is 25.2 Å². The highest BCUT2D eigenvalue weighted by Crippen LogP contribution is 2.17. The van der Waals surface area contributed by atoms with Crippen molar-refractivity contribution >= 4 is 5.91 Å². The summed E-state index contributed by atoms with van der Waals surface area (Å²) in [7, 11) is 0. The molecule has 2 unspecified atom stereocenters. The van der Waals surface area contributed by atoms with E-state index in [2.05, 4.69) is 5.32 Å². The summed E-state index contributed by atoms with van der Waals surface area (Å²) in [6, 6.07) is 13.0. The lowest BCUT2D eigenvalue weighted by atomic mass is 9.92. The fourth-order valence-electron chi connectivity index (χ4n) is 2.07. The van der Waals surface area contributed by atoms with E-state index in [1.165, 1.54) is 0 Å². The van der Waals surface area contributed by atoms with Gasteiger partial charge in [-0.1, -0.05) is 30.3 Å². The van der Waals surface area contributed by atoms with Gasteiger partial charge in [0.15, 0.2) is 0 Å². The minimum atomic E-state index is -1.04. The number of carbonyl (C=O) groups excluding carboxylic acids is 1. The second kappa shape index (κ2) is 5.92. The average molecular weight is 272 g/mol. The molecule has 0 saturated carbocycles. The van der Waals surface area contributed by atoms with Gasteiger partial charge in [0.05, 0.1) is 6.26 Å². The van der Waals surface area contributed by atoms with Gasteiger partial charge in [0.25, 0.3) is 0 Å². The van der Waals surface area contributed by atoms with Crippen LogP contribution in [0.4, 0.5) is 0 Å². The van der Waals surface area contributed by atoms with Crippen LogP contribution in [0.5, 0.6) is 0 Å². The molecule has 2 atom stereocenters. The fourth-order valence-corrected chi connectivity index (χ4v) is 2.07. The summed E-state index contributed by atoms with van der Waals surface area (Å²) < 4.78 is 5.27. The molecule has 0 fully saturated rings. The van der Waals surface area contributed by atoms with Gasteiger partial charge in [0, 0.05) is 12.5 Å². The first kappa shape index (κ1) is 14.3. The fraction of sp³-hybridized carbons (Fsp3) is 0.312. The van der Waals surface area contributed by atoms with Crippen molar-refractivity contribution in [2.75, 3.05) is 0 Å². The Morgan fingerprint density at radius 2 is 2.00 bits per heavy atom. The monoisotopic (exact) mass is 272 g/mol. The molecule has 0 bridgehead atoms. The largest absolute Gasteiger partial charge is 0.469 e. The molecule has 1 heterocycles. The van der Waals surface area contributed by atoms with E-state index in [0.29, 0.717) is 6.42 Å². The summed E-state index contributed by atoms with van der Waals surface area (Å²) in [5.41, 5.74) is 5.92. The predicted molar refractivity (Wildman–Crippen MR) is 78.0 cm³/mol. The molecule has 1 amide bonds. The van der Waals surface area contributed by atoms with Gasteiger partial charge >= 0.3 is 0 Å². The van der Waals surface area contributed by atoms with E-state index in [-0.39, 0.29) is 11.9 Å². The van der Waals surface area contributed by atoms with Gasteiger partial charge in [0.2, 0.25) is 5.91 Å². The number of furan rings is 1. The summed E-state index contributed by atoms with van der Waals surface area (Å²) in [4.78, 5) is 12.3. The molecule has 4 nitrogen and oxygen atoms in total. The Morgan fingerprint density at radius 1 is 1.30 bits per heavy atom. The third-order valence-corrected chi connectivity index (χ3v) is 3.31. The van der Waals surface area contributed by atoms with Crippen LogP contribution in [0.2, 0.25) is 0 Å². The van der Waals surface area contributed by atoms with Gasteiger partial charge in [-0.05, 0) is 31.5 Å². The molecule has 0 aliphatic rings. The van der Waals surface area contributed by atoms with Gasteiger partial charge < -0.3 is 15.5 Å². The van der Waals surface area contributed by atoms with Crippen molar-refractivity contribution in [3.63, 3.8) is 0 Å². The number of hydrogen-bond acceptors (Lipinski definition) is 3. The maximum absolute atomic E-state index is 12.3. The van der Waals surface area contributed by atoms with E-state index < -0.39 is 5.54 Å². The SMILES string of the molecule is CC(Cc1ccco1)NC(=O)C(C)(N)c1ccccc1.